The van der Waals surface area contributed by atoms with E-state index in [1.54, 1.807) is 12.1 Å². The third kappa shape index (κ3) is 5.45. The van der Waals surface area contributed by atoms with Gasteiger partial charge in [0.15, 0.2) is 0 Å². The highest BCUT2D eigenvalue weighted by molar-refractivity contribution is 7.87. The number of nitrogens with zero attached hydrogens (tertiary/aromatic N) is 3. The van der Waals surface area contributed by atoms with Crippen molar-refractivity contribution < 1.29 is 23.1 Å². The summed E-state index contributed by atoms with van der Waals surface area (Å²) in [6.07, 6.45) is 6.96. The molecule has 2 aromatic carbocycles. The Kier molecular flexibility index (Phi) is 7.84. The molecule has 1 atom stereocenters. The van der Waals surface area contributed by atoms with Crippen molar-refractivity contribution in [2.24, 2.45) is 0 Å². The Morgan fingerprint density at radius 2 is 1.81 bits per heavy atom. The zero-order valence-corrected chi connectivity index (χ0v) is 25.7. The smallest absolute Gasteiger partial charge is 0.303 e. The first-order chi connectivity index (χ1) is 20.1. The summed E-state index contributed by atoms with van der Waals surface area (Å²) in [5.41, 5.74) is 4.25. The molecule has 9 nitrogen and oxygen atoms in total. The van der Waals surface area contributed by atoms with Crippen LogP contribution in [0.5, 0.6) is 5.75 Å². The summed E-state index contributed by atoms with van der Waals surface area (Å²) < 4.78 is 38.2. The maximum absolute atomic E-state index is 13.4. The molecule has 2 N–H and O–H groups in total. The zero-order valence-electron chi connectivity index (χ0n) is 24.9. The fourth-order valence-electron chi connectivity index (χ4n) is 6.98. The van der Waals surface area contributed by atoms with Gasteiger partial charge in [0.2, 0.25) is 0 Å². The number of nitrogens with one attached hydrogen (secondary N) is 1. The van der Waals surface area contributed by atoms with Crippen molar-refractivity contribution in [1.82, 2.24) is 18.5 Å². The summed E-state index contributed by atoms with van der Waals surface area (Å²) in [7, 11) is -0.595. The Bertz CT molecular complexity index is 1610. The fraction of sp³-hybridized carbons (Fsp3) is 0.531. The van der Waals surface area contributed by atoms with Crippen molar-refractivity contribution in [1.29, 1.82) is 0 Å². The molecule has 10 heteroatoms. The minimum absolute atomic E-state index is 0.160. The molecule has 2 aliphatic heterocycles. The van der Waals surface area contributed by atoms with Crippen LogP contribution in [0.15, 0.2) is 36.4 Å². The van der Waals surface area contributed by atoms with Gasteiger partial charge in [-0.1, -0.05) is 37.5 Å². The van der Waals surface area contributed by atoms with Crippen LogP contribution < -0.4 is 9.46 Å². The predicted molar refractivity (Wildman–Crippen MR) is 164 cm³/mol. The van der Waals surface area contributed by atoms with Gasteiger partial charge in [0, 0.05) is 42.2 Å². The predicted octanol–water partition coefficient (Wildman–Crippen LogP) is 4.42. The number of para-hydroxylation sites is 1. The number of ether oxygens (including phenoxy) is 1. The average Bonchev–Trinajstić information content (AvgIpc) is 3.26. The molecule has 42 heavy (non-hydrogen) atoms. The second-order valence-electron chi connectivity index (χ2n) is 12.5. The molecule has 4 bridgehead atoms. The average molecular weight is 595 g/mol. The van der Waals surface area contributed by atoms with Gasteiger partial charge in [-0.05, 0) is 81.4 Å². The van der Waals surface area contributed by atoms with Crippen molar-refractivity contribution in [3.8, 4) is 17.0 Å². The Morgan fingerprint density at radius 1 is 1.02 bits per heavy atom. The largest absolute Gasteiger partial charge is 0.490 e. The standard InChI is InChI=1S/C32H42N4O5S/c1-22-9-7-12-26-29-28(23-10-5-4-6-11-23)25-14-13-24-19-27(25)36(29)20-32(38,21-41-30(22)26)15-8-16-34(2)17-18-35(3)42(39,40)33-31(24)37/h7,9,12-14,19,23,38H,4-6,8,10-11,15-18,20-21H2,1-3H3,(H,33,37). The second-order valence-corrected chi connectivity index (χ2v) is 14.3. The highest BCUT2D eigenvalue weighted by Gasteiger charge is 2.37. The van der Waals surface area contributed by atoms with Gasteiger partial charge in [-0.15, -0.1) is 0 Å². The summed E-state index contributed by atoms with van der Waals surface area (Å²) >= 11 is 0. The summed E-state index contributed by atoms with van der Waals surface area (Å²) in [5.74, 6) is 0.463. The highest BCUT2D eigenvalue weighted by Crippen LogP contribution is 2.48. The number of carbonyl (C=O) groups is 1. The Labute approximate surface area is 248 Å². The van der Waals surface area contributed by atoms with Crippen molar-refractivity contribution in [3.05, 3.63) is 53.1 Å². The number of aliphatic hydroxyl groups is 1. The lowest BCUT2D eigenvalue weighted by Gasteiger charge is -2.34. The third-order valence-corrected chi connectivity index (χ3v) is 10.8. The van der Waals surface area contributed by atoms with Crippen molar-refractivity contribution in [2.75, 3.05) is 40.3 Å². The van der Waals surface area contributed by atoms with E-state index in [1.807, 2.05) is 32.2 Å². The Hall–Kier alpha value is -2.92. The van der Waals surface area contributed by atoms with E-state index in [1.165, 1.54) is 23.3 Å². The van der Waals surface area contributed by atoms with E-state index in [0.29, 0.717) is 32.0 Å². The van der Waals surface area contributed by atoms with E-state index in [4.69, 9.17) is 4.74 Å². The van der Waals surface area contributed by atoms with Gasteiger partial charge in [0.25, 0.3) is 5.91 Å². The number of amides is 1. The minimum Gasteiger partial charge on any atom is -0.490 e. The molecule has 6 rings (SSSR count). The molecule has 0 saturated heterocycles. The number of carbonyl (C=O) groups excluding carboxylic acids is 1. The van der Waals surface area contributed by atoms with E-state index in [9.17, 15) is 18.3 Å². The van der Waals surface area contributed by atoms with Crippen LogP contribution in [0.1, 0.15) is 72.3 Å². The van der Waals surface area contributed by atoms with Gasteiger partial charge in [-0.2, -0.15) is 12.7 Å². The molecular weight excluding hydrogens is 552 g/mol. The first-order valence-electron chi connectivity index (χ1n) is 15.1. The molecule has 1 aliphatic carbocycles. The maximum atomic E-state index is 13.4. The number of benzene rings is 2. The summed E-state index contributed by atoms with van der Waals surface area (Å²) in [6, 6.07) is 11.7. The Balaban J connectivity index is 1.60. The third-order valence-electron chi connectivity index (χ3n) is 9.39. The van der Waals surface area contributed by atoms with E-state index in [2.05, 4.69) is 20.3 Å². The van der Waals surface area contributed by atoms with Crippen LogP contribution in [-0.2, 0) is 16.8 Å². The molecule has 3 heterocycles. The normalized spacial score (nSPS) is 24.6. The molecular formula is C32H42N4O5S. The highest BCUT2D eigenvalue weighted by atomic mass is 32.2. The number of aromatic nitrogens is 1. The van der Waals surface area contributed by atoms with Gasteiger partial charge < -0.3 is 19.3 Å². The van der Waals surface area contributed by atoms with Crippen molar-refractivity contribution >= 4 is 27.0 Å². The summed E-state index contributed by atoms with van der Waals surface area (Å²) in [6.45, 7) is 3.94. The summed E-state index contributed by atoms with van der Waals surface area (Å²) in [4.78, 5) is 15.4. The second kappa shape index (κ2) is 11.3. The van der Waals surface area contributed by atoms with E-state index >= 15 is 0 Å². The monoisotopic (exact) mass is 594 g/mol. The minimum atomic E-state index is -4.01. The van der Waals surface area contributed by atoms with Crippen LogP contribution in [0.2, 0.25) is 0 Å². The van der Waals surface area contributed by atoms with Crippen molar-refractivity contribution in [3.63, 3.8) is 0 Å². The topological polar surface area (TPSA) is 104 Å². The molecule has 3 aromatic rings. The van der Waals surface area contributed by atoms with Crippen LogP contribution >= 0.6 is 0 Å². The van der Waals surface area contributed by atoms with Crippen LogP contribution in [0.3, 0.4) is 0 Å². The van der Waals surface area contributed by atoms with Gasteiger partial charge in [-0.25, -0.2) is 4.72 Å². The molecule has 3 aliphatic rings. The van der Waals surface area contributed by atoms with Gasteiger partial charge in [0.1, 0.15) is 18.0 Å². The van der Waals surface area contributed by atoms with Crippen LogP contribution in [0.25, 0.3) is 22.2 Å². The lowest BCUT2D eigenvalue weighted by molar-refractivity contribution is -0.0289. The molecule has 1 saturated carbocycles. The summed E-state index contributed by atoms with van der Waals surface area (Å²) in [5, 5.41) is 13.2. The van der Waals surface area contributed by atoms with Crippen molar-refractivity contribution in [2.45, 2.75) is 69.9 Å². The zero-order chi connectivity index (χ0) is 29.6. The van der Waals surface area contributed by atoms with Crippen LogP contribution in [0.4, 0.5) is 0 Å². The molecule has 1 aromatic heterocycles. The van der Waals surface area contributed by atoms with Gasteiger partial charge in [-0.3, -0.25) is 4.79 Å². The molecule has 1 unspecified atom stereocenters. The number of rotatable bonds is 1. The number of hydrogen-bond acceptors (Lipinski definition) is 6. The molecule has 226 valence electrons. The quantitative estimate of drug-likeness (QED) is 0.432. The van der Waals surface area contributed by atoms with Gasteiger partial charge in [0.05, 0.1) is 12.2 Å². The first kappa shape index (κ1) is 29.2. The number of aryl methyl sites for hydroxylation is 1. The first-order valence-corrected chi connectivity index (χ1v) is 16.6. The lowest BCUT2D eigenvalue weighted by Crippen LogP contribution is -2.45. The molecule has 1 amide bonds. The Morgan fingerprint density at radius 3 is 2.60 bits per heavy atom. The van der Waals surface area contributed by atoms with E-state index in [-0.39, 0.29) is 18.7 Å². The van der Waals surface area contributed by atoms with Crippen LogP contribution in [0, 0.1) is 6.92 Å². The number of hydrogen-bond donors (Lipinski definition) is 2. The van der Waals surface area contributed by atoms with Gasteiger partial charge >= 0.3 is 10.2 Å². The SMILES string of the molecule is Cc1cccc2c1OCC1(O)CCCN(C)CCN(C)S(=O)(=O)NC(=O)c3ccc4c(C5CCCCC5)c-2n(c4c3)C1. The number of likely N-dealkylation sites (N-methyl/N-ethyl adjacent to an activating group) is 2. The number of fused-ring (bicyclic) bond motifs is 4. The maximum Gasteiger partial charge on any atom is 0.303 e. The molecule has 1 fully saturated rings. The molecule has 0 radical (unpaired) electrons. The fourth-order valence-corrected chi connectivity index (χ4v) is 7.81. The van der Waals surface area contributed by atoms with E-state index < -0.39 is 21.7 Å². The van der Waals surface area contributed by atoms with E-state index in [0.717, 1.165) is 65.6 Å². The molecule has 0 spiro atoms. The lowest BCUT2D eigenvalue weighted by atomic mass is 9.81. The van der Waals surface area contributed by atoms with Crippen LogP contribution in [-0.4, -0.2) is 79.1 Å².